The lowest BCUT2D eigenvalue weighted by molar-refractivity contribution is -0.384. The van der Waals surface area contributed by atoms with Gasteiger partial charge in [-0.1, -0.05) is 29.5 Å². The third-order valence-corrected chi connectivity index (χ3v) is 4.21. The number of non-ortho nitro benzene ring substituents is 1. The van der Waals surface area contributed by atoms with Crippen molar-refractivity contribution < 1.29 is 9.72 Å². The first-order valence-electron chi connectivity index (χ1n) is 7.75. The normalized spacial score (nSPS) is 10.8. The van der Waals surface area contributed by atoms with Crippen molar-refractivity contribution in [2.75, 3.05) is 10.7 Å². The lowest BCUT2D eigenvalue weighted by atomic mass is 10.2. The van der Waals surface area contributed by atoms with Crippen LogP contribution in [0.25, 0.3) is 0 Å². The van der Waals surface area contributed by atoms with Crippen LogP contribution in [0, 0.1) is 21.4 Å². The molecule has 1 amide bonds. The van der Waals surface area contributed by atoms with Crippen molar-refractivity contribution in [2.24, 2.45) is 5.10 Å². The highest BCUT2D eigenvalue weighted by Gasteiger charge is 2.14. The molecule has 0 bridgehead atoms. The molecule has 0 saturated carbocycles. The monoisotopic (exact) mass is 393 g/mol. The summed E-state index contributed by atoms with van der Waals surface area (Å²) in [5.74, 6) is -0.345. The molecule has 28 heavy (non-hydrogen) atoms. The maximum absolute atomic E-state index is 12.1. The summed E-state index contributed by atoms with van der Waals surface area (Å²) in [5, 5.41) is 34.6. The Morgan fingerprint density at radius 3 is 2.50 bits per heavy atom. The minimum atomic E-state index is -0.514. The maximum atomic E-state index is 12.1. The highest BCUT2D eigenvalue weighted by Crippen LogP contribution is 2.18. The fraction of sp³-hybridized carbons (Fsp3) is 0. The Hall–Kier alpha value is -4.17. The molecule has 1 heterocycles. The molecule has 0 unspecified atom stereocenters. The number of hydrogen-bond acceptors (Lipinski definition) is 9. The fourth-order valence-electron chi connectivity index (χ4n) is 2.03. The number of amides is 1. The topological polar surface area (TPSA) is 146 Å². The number of carbonyl (C=O) groups is 1. The van der Waals surface area contributed by atoms with Crippen LogP contribution in [0.1, 0.15) is 15.4 Å². The summed E-state index contributed by atoms with van der Waals surface area (Å²) in [6.07, 6.45) is 0. The van der Waals surface area contributed by atoms with Crippen LogP contribution in [-0.4, -0.2) is 26.7 Å². The number of nitrogens with one attached hydrogen (secondary N) is 2. The van der Waals surface area contributed by atoms with E-state index in [1.54, 1.807) is 30.3 Å². The van der Waals surface area contributed by atoms with Gasteiger partial charge in [-0.25, -0.2) is 0 Å². The van der Waals surface area contributed by atoms with Crippen LogP contribution < -0.4 is 10.7 Å². The highest BCUT2D eigenvalue weighted by atomic mass is 32.1. The Kier molecular flexibility index (Phi) is 5.63. The van der Waals surface area contributed by atoms with Gasteiger partial charge in [0.25, 0.3) is 11.6 Å². The third-order valence-electron chi connectivity index (χ3n) is 3.36. The Labute approximate surface area is 162 Å². The number of rotatable bonds is 6. The number of nitro benzene ring substituents is 1. The van der Waals surface area contributed by atoms with Crippen molar-refractivity contribution in [3.05, 3.63) is 75.3 Å². The molecule has 138 valence electrons. The van der Waals surface area contributed by atoms with Crippen molar-refractivity contribution in [1.29, 1.82) is 5.26 Å². The van der Waals surface area contributed by atoms with E-state index in [1.165, 1.54) is 24.3 Å². The molecule has 0 fully saturated rings. The number of hydrogen-bond donors (Lipinski definition) is 2. The van der Waals surface area contributed by atoms with E-state index in [2.05, 4.69) is 26.0 Å². The molecule has 0 spiro atoms. The summed E-state index contributed by atoms with van der Waals surface area (Å²) >= 11 is 0.993. The summed E-state index contributed by atoms with van der Waals surface area (Å²) in [5.41, 5.74) is 3.45. The maximum Gasteiger partial charge on any atom is 0.269 e. The molecule has 0 aliphatic carbocycles. The third kappa shape index (κ3) is 4.51. The summed E-state index contributed by atoms with van der Waals surface area (Å²) in [7, 11) is 0. The first-order chi connectivity index (χ1) is 13.6. The quantitative estimate of drug-likeness (QED) is 0.372. The molecule has 3 rings (SSSR count). The molecule has 0 saturated heterocycles. The Balaban J connectivity index is 1.69. The molecule has 0 radical (unpaired) electrons. The van der Waals surface area contributed by atoms with Crippen molar-refractivity contribution in [2.45, 2.75) is 0 Å². The number of aromatic nitrogens is 2. The highest BCUT2D eigenvalue weighted by molar-refractivity contribution is 7.17. The zero-order chi connectivity index (χ0) is 19.9. The Bertz CT molecular complexity index is 1070. The molecular formula is C17H11N7O3S. The van der Waals surface area contributed by atoms with E-state index in [4.69, 9.17) is 0 Å². The molecule has 0 atom stereocenters. The molecule has 1 aromatic heterocycles. The van der Waals surface area contributed by atoms with Gasteiger partial charge in [0.05, 0.1) is 10.6 Å². The molecule has 0 aliphatic rings. The average Bonchev–Trinajstić information content (AvgIpc) is 3.17. The van der Waals surface area contributed by atoms with Gasteiger partial charge in [0.2, 0.25) is 5.13 Å². The van der Waals surface area contributed by atoms with Crippen LogP contribution in [-0.2, 0) is 0 Å². The predicted molar refractivity (Wildman–Crippen MR) is 103 cm³/mol. The number of carbonyl (C=O) groups excluding carboxylic acids is 1. The van der Waals surface area contributed by atoms with E-state index >= 15 is 0 Å². The van der Waals surface area contributed by atoms with Crippen LogP contribution in [0.5, 0.6) is 0 Å². The minimum Gasteiger partial charge on any atom is -0.296 e. The van der Waals surface area contributed by atoms with Crippen molar-refractivity contribution in [3.63, 3.8) is 0 Å². The van der Waals surface area contributed by atoms with E-state index in [1.807, 2.05) is 6.07 Å². The largest absolute Gasteiger partial charge is 0.296 e. The number of nitriles is 1. The second-order valence-electron chi connectivity index (χ2n) is 5.22. The molecule has 10 nitrogen and oxygen atoms in total. The Morgan fingerprint density at radius 2 is 1.86 bits per heavy atom. The smallest absolute Gasteiger partial charge is 0.269 e. The SMILES string of the molecule is N#C/C(=N\Nc1ccc([N+](=O)[O-])cc1)c1nnc(NC(=O)c2ccccc2)s1. The van der Waals surface area contributed by atoms with Gasteiger partial charge in [-0.05, 0) is 24.3 Å². The second-order valence-corrected chi connectivity index (χ2v) is 6.20. The van der Waals surface area contributed by atoms with Gasteiger partial charge in [0, 0.05) is 17.7 Å². The summed E-state index contributed by atoms with van der Waals surface area (Å²) in [6, 6.07) is 16.0. The number of anilines is 2. The first kappa shape index (κ1) is 18.6. The van der Waals surface area contributed by atoms with Gasteiger partial charge in [0.15, 0.2) is 10.7 Å². The molecule has 3 aromatic rings. The van der Waals surface area contributed by atoms with Crippen LogP contribution in [0.2, 0.25) is 0 Å². The zero-order valence-corrected chi connectivity index (χ0v) is 14.9. The van der Waals surface area contributed by atoms with Gasteiger partial charge < -0.3 is 0 Å². The van der Waals surface area contributed by atoms with Crippen LogP contribution in [0.4, 0.5) is 16.5 Å². The first-order valence-corrected chi connectivity index (χ1v) is 8.57. The van der Waals surface area contributed by atoms with Gasteiger partial charge in [-0.2, -0.15) is 10.4 Å². The summed E-state index contributed by atoms with van der Waals surface area (Å²) in [4.78, 5) is 22.3. The lowest BCUT2D eigenvalue weighted by Crippen LogP contribution is -2.11. The van der Waals surface area contributed by atoms with Gasteiger partial charge in [-0.3, -0.25) is 25.7 Å². The van der Waals surface area contributed by atoms with E-state index in [-0.39, 0.29) is 27.4 Å². The number of hydrazone groups is 1. The lowest BCUT2D eigenvalue weighted by Gasteiger charge is -2.00. The van der Waals surface area contributed by atoms with Crippen LogP contribution in [0.15, 0.2) is 59.7 Å². The van der Waals surface area contributed by atoms with Crippen LogP contribution >= 0.6 is 11.3 Å². The fourth-order valence-corrected chi connectivity index (χ4v) is 2.71. The number of nitrogens with zero attached hydrogens (tertiary/aromatic N) is 5. The van der Waals surface area contributed by atoms with E-state index in [0.29, 0.717) is 11.3 Å². The van der Waals surface area contributed by atoms with Crippen LogP contribution in [0.3, 0.4) is 0 Å². The van der Waals surface area contributed by atoms with Crippen molar-refractivity contribution in [3.8, 4) is 6.07 Å². The van der Waals surface area contributed by atoms with E-state index in [9.17, 15) is 20.2 Å². The number of nitro groups is 1. The van der Waals surface area contributed by atoms with Gasteiger partial charge in [-0.15, -0.1) is 10.2 Å². The molecule has 2 N–H and O–H groups in total. The van der Waals surface area contributed by atoms with Crippen molar-refractivity contribution in [1.82, 2.24) is 10.2 Å². The zero-order valence-electron chi connectivity index (χ0n) is 14.1. The second kappa shape index (κ2) is 8.47. The van der Waals surface area contributed by atoms with E-state index in [0.717, 1.165) is 11.3 Å². The van der Waals surface area contributed by atoms with E-state index < -0.39 is 4.92 Å². The molecular weight excluding hydrogens is 382 g/mol. The summed E-state index contributed by atoms with van der Waals surface area (Å²) < 4.78 is 0. The number of benzene rings is 2. The predicted octanol–water partition coefficient (Wildman–Crippen LogP) is 3.04. The Morgan fingerprint density at radius 1 is 1.14 bits per heavy atom. The average molecular weight is 393 g/mol. The minimum absolute atomic E-state index is 0.0453. The molecule has 11 heteroatoms. The van der Waals surface area contributed by atoms with Gasteiger partial charge in [0.1, 0.15) is 6.07 Å². The summed E-state index contributed by atoms with van der Waals surface area (Å²) in [6.45, 7) is 0. The van der Waals surface area contributed by atoms with Crippen molar-refractivity contribution >= 4 is 39.5 Å². The standard InChI is InChI=1S/C17H11N7O3S/c18-10-14(21-20-12-6-8-13(9-7-12)24(26)27)16-22-23-17(28-16)19-15(25)11-4-2-1-3-5-11/h1-9,20H,(H,19,23,25)/b21-14+. The molecule has 2 aromatic carbocycles. The molecule has 0 aliphatic heterocycles. The van der Waals surface area contributed by atoms with Gasteiger partial charge >= 0.3 is 0 Å².